The highest BCUT2D eigenvalue weighted by Crippen LogP contribution is 2.34. The zero-order valence-corrected chi connectivity index (χ0v) is 8.51. The number of benzene rings is 1. The number of hydrogen-bond acceptors (Lipinski definition) is 2. The van der Waals surface area contributed by atoms with E-state index >= 15 is 0 Å². The normalized spacial score (nSPS) is 10.6. The molecule has 1 aromatic rings. The Labute approximate surface area is 89.0 Å². The van der Waals surface area contributed by atoms with Crippen LogP contribution in [0.25, 0.3) is 0 Å². The molecule has 0 fully saturated rings. The van der Waals surface area contributed by atoms with Gasteiger partial charge in [-0.05, 0) is 6.07 Å². The highest BCUT2D eigenvalue weighted by atomic mass is 35.5. The first kappa shape index (κ1) is 10.9. The molecule has 72 valence electrons. The van der Waals surface area contributed by atoms with Crippen LogP contribution in [0.5, 0.6) is 5.75 Å². The molecule has 1 rings (SSSR count). The van der Waals surface area contributed by atoms with Crippen molar-refractivity contribution in [2.24, 2.45) is 0 Å². The molecule has 6 heteroatoms. The fourth-order valence-corrected chi connectivity index (χ4v) is 1.38. The second-order valence-corrected chi connectivity index (χ2v) is 3.40. The van der Waals surface area contributed by atoms with Crippen LogP contribution in [-0.2, 0) is 0 Å². The first-order valence-electron chi connectivity index (χ1n) is 3.13. The van der Waals surface area contributed by atoms with Crippen LogP contribution in [0.4, 0.5) is 8.78 Å². The van der Waals surface area contributed by atoms with Gasteiger partial charge in [0.1, 0.15) is 5.75 Å². The predicted molar refractivity (Wildman–Crippen MR) is 50.3 cm³/mol. The predicted octanol–water partition coefficient (Wildman–Crippen LogP) is 3.88. The van der Waals surface area contributed by atoms with Gasteiger partial charge in [-0.3, -0.25) is 0 Å². The summed E-state index contributed by atoms with van der Waals surface area (Å²) in [5.74, 6) is -0.129. The number of alkyl halides is 2. The van der Waals surface area contributed by atoms with Gasteiger partial charge in [-0.15, -0.1) is 12.6 Å². The van der Waals surface area contributed by atoms with Crippen molar-refractivity contribution in [3.8, 4) is 5.75 Å². The Hall–Kier alpha value is -0.190. The van der Waals surface area contributed by atoms with Crippen molar-refractivity contribution in [3.63, 3.8) is 0 Å². The summed E-state index contributed by atoms with van der Waals surface area (Å²) in [5, 5.41) is 0.393. The minimum absolute atomic E-state index is 0.129. The van der Waals surface area contributed by atoms with E-state index in [1.807, 2.05) is 0 Å². The van der Waals surface area contributed by atoms with Crippen molar-refractivity contribution >= 4 is 35.8 Å². The third-order valence-corrected chi connectivity index (χ3v) is 2.32. The summed E-state index contributed by atoms with van der Waals surface area (Å²) in [6.07, 6.45) is 0. The fourth-order valence-electron chi connectivity index (χ4n) is 0.728. The minimum atomic E-state index is -2.92. The van der Waals surface area contributed by atoms with Crippen LogP contribution in [0.3, 0.4) is 0 Å². The molecule has 13 heavy (non-hydrogen) atoms. The molecular formula is C7H4Cl2F2OS. The van der Waals surface area contributed by atoms with Crippen LogP contribution in [0, 0.1) is 0 Å². The molecule has 0 saturated carbocycles. The summed E-state index contributed by atoms with van der Waals surface area (Å²) in [4.78, 5) is 0.145. The van der Waals surface area contributed by atoms with Crippen LogP contribution < -0.4 is 4.74 Å². The van der Waals surface area contributed by atoms with Gasteiger partial charge in [0, 0.05) is 11.1 Å². The van der Waals surface area contributed by atoms with Gasteiger partial charge in [-0.1, -0.05) is 23.2 Å². The Morgan fingerprint density at radius 3 is 2.46 bits per heavy atom. The molecule has 0 aliphatic rings. The minimum Gasteiger partial charge on any atom is -0.434 e. The highest BCUT2D eigenvalue weighted by Gasteiger charge is 2.11. The van der Waals surface area contributed by atoms with E-state index in [9.17, 15) is 8.78 Å². The molecule has 0 unspecified atom stereocenters. The van der Waals surface area contributed by atoms with E-state index in [1.165, 1.54) is 12.1 Å². The molecule has 0 N–H and O–H groups in total. The molecule has 0 spiro atoms. The van der Waals surface area contributed by atoms with Crippen LogP contribution in [0.15, 0.2) is 17.0 Å². The Morgan fingerprint density at radius 1 is 1.31 bits per heavy atom. The lowest BCUT2D eigenvalue weighted by molar-refractivity contribution is -0.0516. The molecule has 0 atom stereocenters. The summed E-state index contributed by atoms with van der Waals surface area (Å²) in [6, 6.07) is 2.62. The number of hydrogen-bond donors (Lipinski definition) is 1. The topological polar surface area (TPSA) is 9.23 Å². The molecule has 0 radical (unpaired) electrons. The molecule has 1 nitrogen and oxygen atoms in total. The lowest BCUT2D eigenvalue weighted by Gasteiger charge is -2.08. The van der Waals surface area contributed by atoms with E-state index in [-0.39, 0.29) is 20.7 Å². The van der Waals surface area contributed by atoms with Crippen LogP contribution in [0.1, 0.15) is 0 Å². The third-order valence-electron chi connectivity index (χ3n) is 1.21. The number of rotatable bonds is 2. The Balaban J connectivity index is 3.05. The van der Waals surface area contributed by atoms with Crippen molar-refractivity contribution in [2.75, 3.05) is 0 Å². The summed E-state index contributed by atoms with van der Waals surface area (Å²) in [7, 11) is 0. The van der Waals surface area contributed by atoms with Gasteiger partial charge in [0.25, 0.3) is 0 Å². The monoisotopic (exact) mass is 244 g/mol. The van der Waals surface area contributed by atoms with Crippen molar-refractivity contribution in [3.05, 3.63) is 22.2 Å². The van der Waals surface area contributed by atoms with E-state index in [4.69, 9.17) is 23.2 Å². The highest BCUT2D eigenvalue weighted by molar-refractivity contribution is 7.80. The number of halogens is 4. The first-order chi connectivity index (χ1) is 6.00. The summed E-state index contributed by atoms with van der Waals surface area (Å²) in [5.41, 5.74) is 0. The van der Waals surface area contributed by atoms with Gasteiger partial charge < -0.3 is 4.74 Å². The van der Waals surface area contributed by atoms with Gasteiger partial charge in [0.2, 0.25) is 0 Å². The van der Waals surface area contributed by atoms with Crippen LogP contribution in [0.2, 0.25) is 10.0 Å². The molecule has 0 heterocycles. The Kier molecular flexibility index (Phi) is 3.64. The zero-order valence-electron chi connectivity index (χ0n) is 6.10. The Morgan fingerprint density at radius 2 is 1.92 bits per heavy atom. The average molecular weight is 245 g/mol. The molecule has 0 bridgehead atoms. The van der Waals surface area contributed by atoms with E-state index in [0.717, 1.165) is 0 Å². The second-order valence-electron chi connectivity index (χ2n) is 2.11. The van der Waals surface area contributed by atoms with Crippen LogP contribution in [-0.4, -0.2) is 6.61 Å². The summed E-state index contributed by atoms with van der Waals surface area (Å²) < 4.78 is 27.8. The lowest BCUT2D eigenvalue weighted by atomic mass is 10.3. The summed E-state index contributed by atoms with van der Waals surface area (Å²) >= 11 is 15.1. The summed E-state index contributed by atoms with van der Waals surface area (Å²) in [6.45, 7) is -2.92. The van der Waals surface area contributed by atoms with E-state index in [2.05, 4.69) is 17.4 Å². The molecule has 1 aromatic carbocycles. The maximum absolute atomic E-state index is 11.8. The molecule has 0 amide bonds. The maximum Gasteiger partial charge on any atom is 0.387 e. The van der Waals surface area contributed by atoms with Crippen molar-refractivity contribution in [2.45, 2.75) is 11.5 Å². The molecule has 0 saturated heterocycles. The van der Waals surface area contributed by atoms with E-state index in [0.29, 0.717) is 0 Å². The quantitative estimate of drug-likeness (QED) is 0.778. The van der Waals surface area contributed by atoms with Gasteiger partial charge in [0.05, 0.1) is 9.92 Å². The number of thiol groups is 1. The smallest absolute Gasteiger partial charge is 0.387 e. The Bertz CT molecular complexity index is 320. The third kappa shape index (κ3) is 2.90. The lowest BCUT2D eigenvalue weighted by Crippen LogP contribution is -2.02. The molecular weight excluding hydrogens is 241 g/mol. The van der Waals surface area contributed by atoms with E-state index < -0.39 is 6.61 Å². The van der Waals surface area contributed by atoms with Gasteiger partial charge in [0.15, 0.2) is 0 Å². The van der Waals surface area contributed by atoms with Gasteiger partial charge in [-0.25, -0.2) is 0 Å². The van der Waals surface area contributed by atoms with Crippen molar-refractivity contribution < 1.29 is 13.5 Å². The van der Waals surface area contributed by atoms with Gasteiger partial charge >= 0.3 is 6.61 Å². The van der Waals surface area contributed by atoms with Gasteiger partial charge in [-0.2, -0.15) is 8.78 Å². The first-order valence-corrected chi connectivity index (χ1v) is 4.34. The second kappa shape index (κ2) is 4.35. The molecule has 0 aliphatic carbocycles. The van der Waals surface area contributed by atoms with Crippen LogP contribution >= 0.6 is 35.8 Å². The standard InChI is InChI=1S/C7H4Cl2F2OS/c8-3-1-4(9)6(13)5(2-3)12-7(10)11/h1-2,7,13H. The molecule has 0 aliphatic heterocycles. The average Bonchev–Trinajstić information content (AvgIpc) is 1.98. The largest absolute Gasteiger partial charge is 0.434 e. The number of ether oxygens (including phenoxy) is 1. The SMILES string of the molecule is FC(F)Oc1cc(Cl)cc(Cl)c1S. The zero-order chi connectivity index (χ0) is 10.0. The van der Waals surface area contributed by atoms with Crippen molar-refractivity contribution in [1.82, 2.24) is 0 Å². The molecule has 0 aromatic heterocycles. The maximum atomic E-state index is 11.8. The van der Waals surface area contributed by atoms with Crippen molar-refractivity contribution in [1.29, 1.82) is 0 Å². The van der Waals surface area contributed by atoms with E-state index in [1.54, 1.807) is 0 Å². The fraction of sp³-hybridized carbons (Fsp3) is 0.143.